The number of halogens is 2. The van der Waals surface area contributed by atoms with E-state index in [1.807, 2.05) is 0 Å². The van der Waals surface area contributed by atoms with Crippen molar-refractivity contribution in [3.8, 4) is 0 Å². The lowest BCUT2D eigenvalue weighted by molar-refractivity contribution is 1.15. The van der Waals surface area contributed by atoms with Crippen molar-refractivity contribution in [2.45, 2.75) is 11.8 Å². The van der Waals surface area contributed by atoms with Crippen molar-refractivity contribution in [1.29, 1.82) is 0 Å². The number of rotatable bonds is 2. The van der Waals surface area contributed by atoms with Crippen molar-refractivity contribution in [2.75, 3.05) is 5.33 Å². The molecular weight excluding hydrogens is 268 g/mol. The maximum Gasteiger partial charge on any atom is 0.0492 e. The molecule has 0 aliphatic heterocycles. The Bertz CT molecular complexity index is 216. The molecule has 2 heteroatoms. The van der Waals surface area contributed by atoms with Gasteiger partial charge in [0.1, 0.15) is 0 Å². The molecule has 1 unspecified atom stereocenters. The first-order valence-electron chi connectivity index (χ1n) is 3.50. The van der Waals surface area contributed by atoms with Gasteiger partial charge < -0.3 is 0 Å². The standard InChI is InChI=1S/C9H10Br2/c1-7-2-4-8(5-3-7)9(11)6-10/h2-5,9H,6H2,1H3. The molecule has 1 aromatic carbocycles. The summed E-state index contributed by atoms with van der Waals surface area (Å²) >= 11 is 6.99. The first-order valence-corrected chi connectivity index (χ1v) is 5.54. The topological polar surface area (TPSA) is 0 Å². The highest BCUT2D eigenvalue weighted by atomic mass is 79.9. The molecule has 0 radical (unpaired) electrons. The predicted octanol–water partition coefficient (Wildman–Crippen LogP) is 3.83. The highest BCUT2D eigenvalue weighted by Gasteiger charge is 2.03. The fourth-order valence-corrected chi connectivity index (χ4v) is 1.54. The maximum absolute atomic E-state index is 3.56. The molecule has 0 heterocycles. The fraction of sp³-hybridized carbons (Fsp3) is 0.333. The monoisotopic (exact) mass is 276 g/mol. The van der Waals surface area contributed by atoms with Gasteiger partial charge in [-0.05, 0) is 12.5 Å². The molecule has 0 fully saturated rings. The Balaban J connectivity index is 2.81. The van der Waals surface area contributed by atoms with Crippen LogP contribution in [0.3, 0.4) is 0 Å². The molecule has 0 bridgehead atoms. The molecule has 0 saturated heterocycles. The normalized spacial score (nSPS) is 13.0. The summed E-state index contributed by atoms with van der Waals surface area (Å²) in [6.45, 7) is 2.10. The number of benzene rings is 1. The Hall–Kier alpha value is 0.180. The molecule has 1 aromatic rings. The minimum atomic E-state index is 0.433. The molecular formula is C9H10Br2. The average molecular weight is 278 g/mol. The lowest BCUT2D eigenvalue weighted by atomic mass is 10.1. The molecule has 0 amide bonds. The second-order valence-electron chi connectivity index (χ2n) is 2.53. The van der Waals surface area contributed by atoms with Crippen LogP contribution in [0, 0.1) is 6.92 Å². The zero-order chi connectivity index (χ0) is 8.27. The van der Waals surface area contributed by atoms with E-state index in [9.17, 15) is 0 Å². The first kappa shape index (κ1) is 9.27. The summed E-state index contributed by atoms with van der Waals surface area (Å²) in [6, 6.07) is 8.56. The van der Waals surface area contributed by atoms with Crippen LogP contribution in [0.15, 0.2) is 24.3 Å². The van der Waals surface area contributed by atoms with E-state index in [2.05, 4.69) is 63.0 Å². The van der Waals surface area contributed by atoms with E-state index in [4.69, 9.17) is 0 Å². The Morgan fingerprint density at radius 3 is 2.27 bits per heavy atom. The summed E-state index contributed by atoms with van der Waals surface area (Å²) in [5.74, 6) is 0. The highest BCUT2D eigenvalue weighted by molar-refractivity contribution is 9.12. The largest absolute Gasteiger partial charge is 0.0912 e. The average Bonchev–Trinajstić information content (AvgIpc) is 2.05. The molecule has 60 valence electrons. The molecule has 11 heavy (non-hydrogen) atoms. The molecule has 0 nitrogen and oxygen atoms in total. The summed E-state index contributed by atoms with van der Waals surface area (Å²) < 4.78 is 0. The van der Waals surface area contributed by atoms with Gasteiger partial charge in [-0.25, -0.2) is 0 Å². The van der Waals surface area contributed by atoms with Gasteiger partial charge in [-0.15, -0.1) is 0 Å². The van der Waals surface area contributed by atoms with Crippen molar-refractivity contribution in [3.63, 3.8) is 0 Å². The summed E-state index contributed by atoms with van der Waals surface area (Å²) in [6.07, 6.45) is 0. The molecule has 1 rings (SSSR count). The molecule has 0 saturated carbocycles. The van der Waals surface area contributed by atoms with Crippen LogP contribution in [0.4, 0.5) is 0 Å². The molecule has 0 aliphatic carbocycles. The van der Waals surface area contributed by atoms with Gasteiger partial charge in [0, 0.05) is 10.2 Å². The Morgan fingerprint density at radius 1 is 1.27 bits per heavy atom. The van der Waals surface area contributed by atoms with Crippen LogP contribution in [-0.4, -0.2) is 5.33 Å². The summed E-state index contributed by atoms with van der Waals surface area (Å²) in [5.41, 5.74) is 2.63. The van der Waals surface area contributed by atoms with Gasteiger partial charge in [0.2, 0.25) is 0 Å². The van der Waals surface area contributed by atoms with E-state index < -0.39 is 0 Å². The second-order valence-corrected chi connectivity index (χ2v) is 4.29. The number of aryl methyl sites for hydroxylation is 1. The molecule has 0 aliphatic rings. The van der Waals surface area contributed by atoms with Gasteiger partial charge in [0.05, 0.1) is 0 Å². The van der Waals surface area contributed by atoms with E-state index >= 15 is 0 Å². The van der Waals surface area contributed by atoms with E-state index in [0.29, 0.717) is 4.83 Å². The Kier molecular flexibility index (Phi) is 3.60. The van der Waals surface area contributed by atoms with Gasteiger partial charge in [0.15, 0.2) is 0 Å². The fourth-order valence-electron chi connectivity index (χ4n) is 0.864. The van der Waals surface area contributed by atoms with Crippen molar-refractivity contribution in [3.05, 3.63) is 35.4 Å². The Morgan fingerprint density at radius 2 is 1.82 bits per heavy atom. The number of alkyl halides is 2. The molecule has 0 aromatic heterocycles. The SMILES string of the molecule is Cc1ccc(C(Br)CBr)cc1. The van der Waals surface area contributed by atoms with Crippen LogP contribution in [0.1, 0.15) is 16.0 Å². The molecule has 0 spiro atoms. The van der Waals surface area contributed by atoms with Crippen molar-refractivity contribution < 1.29 is 0 Å². The van der Waals surface area contributed by atoms with E-state index in [-0.39, 0.29) is 0 Å². The maximum atomic E-state index is 3.56. The van der Waals surface area contributed by atoms with Crippen LogP contribution in [0.25, 0.3) is 0 Å². The summed E-state index contributed by atoms with van der Waals surface area (Å²) in [7, 11) is 0. The number of hydrogen-bond donors (Lipinski definition) is 0. The van der Waals surface area contributed by atoms with Crippen LogP contribution >= 0.6 is 31.9 Å². The van der Waals surface area contributed by atoms with Crippen molar-refractivity contribution in [1.82, 2.24) is 0 Å². The first-order chi connectivity index (χ1) is 5.24. The molecule has 0 N–H and O–H groups in total. The van der Waals surface area contributed by atoms with Crippen LogP contribution < -0.4 is 0 Å². The van der Waals surface area contributed by atoms with Crippen LogP contribution in [0.2, 0.25) is 0 Å². The van der Waals surface area contributed by atoms with Gasteiger partial charge in [-0.2, -0.15) is 0 Å². The third kappa shape index (κ3) is 2.60. The lowest BCUT2D eigenvalue weighted by Crippen LogP contribution is -1.89. The summed E-state index contributed by atoms with van der Waals surface area (Å²) in [5, 5.41) is 0.954. The van der Waals surface area contributed by atoms with Crippen molar-refractivity contribution >= 4 is 31.9 Å². The van der Waals surface area contributed by atoms with Gasteiger partial charge >= 0.3 is 0 Å². The zero-order valence-corrected chi connectivity index (χ0v) is 9.52. The minimum Gasteiger partial charge on any atom is -0.0912 e. The van der Waals surface area contributed by atoms with Crippen LogP contribution in [-0.2, 0) is 0 Å². The lowest BCUT2D eigenvalue weighted by Gasteiger charge is -2.05. The predicted molar refractivity (Wildman–Crippen MR) is 56.6 cm³/mol. The number of hydrogen-bond acceptors (Lipinski definition) is 0. The minimum absolute atomic E-state index is 0.433. The van der Waals surface area contributed by atoms with E-state index in [1.165, 1.54) is 11.1 Å². The van der Waals surface area contributed by atoms with Gasteiger partial charge in [-0.1, -0.05) is 61.7 Å². The quantitative estimate of drug-likeness (QED) is 0.721. The van der Waals surface area contributed by atoms with Crippen molar-refractivity contribution in [2.24, 2.45) is 0 Å². The zero-order valence-electron chi connectivity index (χ0n) is 6.35. The van der Waals surface area contributed by atoms with Gasteiger partial charge in [-0.3, -0.25) is 0 Å². The highest BCUT2D eigenvalue weighted by Crippen LogP contribution is 2.24. The smallest absolute Gasteiger partial charge is 0.0492 e. The third-order valence-corrected chi connectivity index (χ3v) is 3.94. The third-order valence-electron chi connectivity index (χ3n) is 1.57. The van der Waals surface area contributed by atoms with E-state index in [0.717, 1.165) is 5.33 Å². The van der Waals surface area contributed by atoms with Crippen LogP contribution in [0.5, 0.6) is 0 Å². The van der Waals surface area contributed by atoms with E-state index in [1.54, 1.807) is 0 Å². The van der Waals surface area contributed by atoms with Gasteiger partial charge in [0.25, 0.3) is 0 Å². The molecule has 1 atom stereocenters. The second kappa shape index (κ2) is 4.27. The summed E-state index contributed by atoms with van der Waals surface area (Å²) in [4.78, 5) is 0.433. The Labute approximate surface area is 84.3 Å².